The van der Waals surface area contributed by atoms with Crippen molar-refractivity contribution in [1.29, 1.82) is 0 Å². The summed E-state index contributed by atoms with van der Waals surface area (Å²) >= 11 is 6.12. The van der Waals surface area contributed by atoms with Gasteiger partial charge in [0.25, 0.3) is 6.02 Å². The summed E-state index contributed by atoms with van der Waals surface area (Å²) in [6, 6.07) is 4.51. The highest BCUT2D eigenvalue weighted by Gasteiger charge is 2.16. The van der Waals surface area contributed by atoms with Crippen LogP contribution in [0.5, 0.6) is 0 Å². The fourth-order valence-electron chi connectivity index (χ4n) is 2.00. The number of halogens is 2. The van der Waals surface area contributed by atoms with Crippen LogP contribution in [-0.2, 0) is 4.74 Å². The molecule has 0 radical (unpaired) electrons. The lowest BCUT2D eigenvalue weighted by atomic mass is 10.1. The zero-order valence-corrected chi connectivity index (χ0v) is 13.5. The second-order valence-electron chi connectivity index (χ2n) is 4.84. The largest absolute Gasteiger partial charge is 0.462 e. The smallest absolute Gasteiger partial charge is 0.282 e. The predicted octanol–water partition coefficient (Wildman–Crippen LogP) is 3.91. The van der Waals surface area contributed by atoms with E-state index in [2.05, 4.69) is 17.2 Å². The topological polar surface area (TPSA) is 59.6 Å². The molecule has 21 heavy (non-hydrogen) atoms. The van der Waals surface area contributed by atoms with Gasteiger partial charge in [-0.2, -0.15) is 0 Å². The number of nitrogens with one attached hydrogen (secondary N) is 1. The molecule has 3 N–H and O–H groups in total. The summed E-state index contributed by atoms with van der Waals surface area (Å²) in [5.74, 6) is 0. The molecule has 2 unspecified atom stereocenters. The zero-order chi connectivity index (χ0) is 15.8. The zero-order valence-electron chi connectivity index (χ0n) is 12.7. The van der Waals surface area contributed by atoms with E-state index >= 15 is 0 Å². The Kier molecular flexibility index (Phi) is 7.29. The molecule has 0 spiro atoms. The molecule has 0 fully saturated rings. The molecule has 0 aliphatic rings. The Labute approximate surface area is 130 Å². The fourth-order valence-corrected chi connectivity index (χ4v) is 2.24. The maximum atomic E-state index is 13.3. The van der Waals surface area contributed by atoms with E-state index in [0.717, 1.165) is 18.5 Å². The quantitative estimate of drug-likeness (QED) is 0.592. The molecule has 4 nitrogen and oxygen atoms in total. The number of rotatable bonds is 7. The van der Waals surface area contributed by atoms with Crippen LogP contribution < -0.4 is 11.1 Å². The standard InChI is InChI=1S/C15H23ClFN3O/c1-4-5-10(2)21-15(18)20-14(9-17)12-8-11(19-3)6-7-13(12)16/h6-8,10,14,19H,4-5,9H2,1-3H3,(H2,18,20). The van der Waals surface area contributed by atoms with Crippen LogP contribution in [0.1, 0.15) is 38.3 Å². The molecule has 0 saturated heterocycles. The molecule has 1 aromatic rings. The van der Waals surface area contributed by atoms with Crippen LogP contribution in [0.15, 0.2) is 23.2 Å². The number of hydrogen-bond donors (Lipinski definition) is 2. The molecule has 0 saturated carbocycles. The molecule has 6 heteroatoms. The van der Waals surface area contributed by atoms with Gasteiger partial charge in [-0.05, 0) is 31.5 Å². The number of nitrogens with zero attached hydrogens (tertiary/aromatic N) is 1. The number of alkyl halides is 1. The first kappa shape index (κ1) is 17.6. The summed E-state index contributed by atoms with van der Waals surface area (Å²) < 4.78 is 18.8. The Balaban J connectivity index is 2.92. The number of anilines is 1. The van der Waals surface area contributed by atoms with Crippen LogP contribution in [0.2, 0.25) is 5.02 Å². The van der Waals surface area contributed by atoms with Gasteiger partial charge in [0.1, 0.15) is 12.7 Å². The summed E-state index contributed by atoms with van der Waals surface area (Å²) in [6.07, 6.45) is 1.81. The van der Waals surface area contributed by atoms with Crippen molar-refractivity contribution in [1.82, 2.24) is 0 Å². The van der Waals surface area contributed by atoms with Gasteiger partial charge in [0.15, 0.2) is 0 Å². The van der Waals surface area contributed by atoms with Crippen molar-refractivity contribution < 1.29 is 9.13 Å². The Hall–Kier alpha value is -1.49. The number of ether oxygens (including phenoxy) is 1. The first-order chi connectivity index (χ1) is 10.0. The van der Waals surface area contributed by atoms with Gasteiger partial charge in [0.2, 0.25) is 0 Å². The molecular formula is C15H23ClFN3O. The normalized spacial score (nSPS) is 14.6. The van der Waals surface area contributed by atoms with E-state index in [9.17, 15) is 4.39 Å². The molecule has 2 atom stereocenters. The van der Waals surface area contributed by atoms with E-state index in [0.29, 0.717) is 10.6 Å². The van der Waals surface area contributed by atoms with Crippen LogP contribution in [-0.4, -0.2) is 25.8 Å². The molecular weight excluding hydrogens is 293 g/mol. The van der Waals surface area contributed by atoms with E-state index in [-0.39, 0.29) is 12.1 Å². The van der Waals surface area contributed by atoms with E-state index in [1.54, 1.807) is 19.2 Å². The molecule has 1 aromatic carbocycles. The van der Waals surface area contributed by atoms with E-state index < -0.39 is 12.7 Å². The first-order valence-electron chi connectivity index (χ1n) is 7.04. The number of benzene rings is 1. The van der Waals surface area contributed by atoms with Gasteiger partial charge in [-0.15, -0.1) is 0 Å². The van der Waals surface area contributed by atoms with Crippen molar-refractivity contribution >= 4 is 23.3 Å². The summed E-state index contributed by atoms with van der Waals surface area (Å²) in [7, 11) is 1.78. The molecule has 0 amide bonds. The van der Waals surface area contributed by atoms with Gasteiger partial charge in [0, 0.05) is 23.3 Å². The molecule has 1 rings (SSSR count). The van der Waals surface area contributed by atoms with E-state index in [4.69, 9.17) is 22.1 Å². The maximum absolute atomic E-state index is 13.3. The number of amidine groups is 1. The van der Waals surface area contributed by atoms with Crippen molar-refractivity contribution in [2.24, 2.45) is 10.7 Å². The van der Waals surface area contributed by atoms with Crippen molar-refractivity contribution in [3.05, 3.63) is 28.8 Å². The summed E-state index contributed by atoms with van der Waals surface area (Å²) in [4.78, 5) is 4.11. The summed E-state index contributed by atoms with van der Waals surface area (Å²) in [6.45, 7) is 3.27. The summed E-state index contributed by atoms with van der Waals surface area (Å²) in [5.41, 5.74) is 7.16. The number of nitrogens with two attached hydrogens (primary N) is 1. The van der Waals surface area contributed by atoms with Crippen LogP contribution in [0.4, 0.5) is 10.1 Å². The monoisotopic (exact) mass is 315 g/mol. The Morgan fingerprint density at radius 1 is 1.52 bits per heavy atom. The SMILES string of the molecule is CCCC(C)OC(N)=NC(CF)c1cc(NC)ccc1Cl. The Morgan fingerprint density at radius 2 is 2.24 bits per heavy atom. The molecule has 0 heterocycles. The minimum Gasteiger partial charge on any atom is -0.462 e. The van der Waals surface area contributed by atoms with Crippen molar-refractivity contribution in [3.63, 3.8) is 0 Å². The third-order valence-corrected chi connectivity index (χ3v) is 3.43. The average molecular weight is 316 g/mol. The number of aliphatic imine (C=N–C) groups is 1. The molecule has 0 aliphatic carbocycles. The Morgan fingerprint density at radius 3 is 2.81 bits per heavy atom. The second kappa shape index (κ2) is 8.72. The van der Waals surface area contributed by atoms with Crippen LogP contribution >= 0.6 is 11.6 Å². The molecule has 0 bridgehead atoms. The van der Waals surface area contributed by atoms with Gasteiger partial charge in [-0.1, -0.05) is 24.9 Å². The van der Waals surface area contributed by atoms with Gasteiger partial charge in [-0.3, -0.25) is 0 Å². The van der Waals surface area contributed by atoms with E-state index in [1.807, 2.05) is 13.0 Å². The Bertz CT molecular complexity index is 482. The van der Waals surface area contributed by atoms with Crippen LogP contribution in [0.25, 0.3) is 0 Å². The fraction of sp³-hybridized carbons (Fsp3) is 0.533. The van der Waals surface area contributed by atoms with Gasteiger partial charge >= 0.3 is 0 Å². The lowest BCUT2D eigenvalue weighted by molar-refractivity contribution is 0.190. The molecule has 118 valence electrons. The predicted molar refractivity (Wildman–Crippen MR) is 86.8 cm³/mol. The van der Waals surface area contributed by atoms with Crippen LogP contribution in [0, 0.1) is 0 Å². The highest BCUT2D eigenvalue weighted by molar-refractivity contribution is 6.31. The highest BCUT2D eigenvalue weighted by atomic mass is 35.5. The average Bonchev–Trinajstić information content (AvgIpc) is 2.45. The maximum Gasteiger partial charge on any atom is 0.282 e. The third kappa shape index (κ3) is 5.42. The number of hydrogen-bond acceptors (Lipinski definition) is 3. The molecule has 0 aliphatic heterocycles. The summed E-state index contributed by atoms with van der Waals surface area (Å²) in [5, 5.41) is 3.44. The van der Waals surface area contributed by atoms with E-state index in [1.165, 1.54) is 0 Å². The lowest BCUT2D eigenvalue weighted by Gasteiger charge is -2.16. The van der Waals surface area contributed by atoms with Crippen LogP contribution in [0.3, 0.4) is 0 Å². The second-order valence-corrected chi connectivity index (χ2v) is 5.25. The van der Waals surface area contributed by atoms with Crippen molar-refractivity contribution in [3.8, 4) is 0 Å². The van der Waals surface area contributed by atoms with Crippen molar-refractivity contribution in [2.75, 3.05) is 19.0 Å². The minimum atomic E-state index is -0.764. The molecule has 0 aromatic heterocycles. The first-order valence-corrected chi connectivity index (χ1v) is 7.42. The highest BCUT2D eigenvalue weighted by Crippen LogP contribution is 2.29. The van der Waals surface area contributed by atoms with Gasteiger partial charge in [0.05, 0.1) is 6.10 Å². The van der Waals surface area contributed by atoms with Gasteiger partial charge in [-0.25, -0.2) is 9.38 Å². The lowest BCUT2D eigenvalue weighted by Crippen LogP contribution is -2.23. The van der Waals surface area contributed by atoms with Crippen molar-refractivity contribution in [2.45, 2.75) is 38.8 Å². The third-order valence-electron chi connectivity index (χ3n) is 3.09. The minimum absolute atomic E-state index is 0.00970. The van der Waals surface area contributed by atoms with Gasteiger partial charge < -0.3 is 15.8 Å².